The maximum absolute atomic E-state index is 13.1. The Kier molecular flexibility index (Phi) is 6.22. The van der Waals surface area contributed by atoms with Crippen LogP contribution in [0.5, 0.6) is 5.75 Å². The lowest BCUT2D eigenvalue weighted by Gasteiger charge is -2.14. The number of hydrogen-bond acceptors (Lipinski definition) is 4. The number of ether oxygens (including phenoxy) is 1. The van der Waals surface area contributed by atoms with Crippen molar-refractivity contribution in [3.8, 4) is 5.75 Å². The summed E-state index contributed by atoms with van der Waals surface area (Å²) < 4.78 is 7.10. The number of hydrogen-bond donors (Lipinski definition) is 0. The van der Waals surface area contributed by atoms with Crippen molar-refractivity contribution in [2.24, 2.45) is 0 Å². The lowest BCUT2D eigenvalue weighted by atomic mass is 10.1. The zero-order chi connectivity index (χ0) is 19.4. The van der Waals surface area contributed by atoms with E-state index in [2.05, 4.69) is 39.0 Å². The Hall–Kier alpha value is -2.27. The van der Waals surface area contributed by atoms with Crippen LogP contribution in [0.3, 0.4) is 0 Å². The average Bonchev–Trinajstić information content (AvgIpc) is 2.68. The second-order valence-electron chi connectivity index (χ2n) is 6.81. The molecule has 3 rings (SSSR count). The molecule has 27 heavy (non-hydrogen) atoms. The molecule has 0 saturated carbocycles. The summed E-state index contributed by atoms with van der Waals surface area (Å²) in [6, 6.07) is 12.0. The minimum absolute atomic E-state index is 0.0100. The molecule has 0 fully saturated rings. The van der Waals surface area contributed by atoms with Gasteiger partial charge in [0.15, 0.2) is 5.16 Å². The molecular weight excluding hydrogens is 356 g/mol. The van der Waals surface area contributed by atoms with E-state index < -0.39 is 0 Å². The highest BCUT2D eigenvalue weighted by atomic mass is 32.2. The van der Waals surface area contributed by atoms with Gasteiger partial charge in [-0.25, -0.2) is 4.98 Å². The number of aromatic nitrogens is 2. The van der Waals surface area contributed by atoms with Crippen LogP contribution in [0.1, 0.15) is 36.5 Å². The Bertz CT molecular complexity index is 1010. The fraction of sp³-hybridized carbons (Fsp3) is 0.364. The quantitative estimate of drug-likeness (QED) is 0.420. The molecule has 2 aromatic carbocycles. The summed E-state index contributed by atoms with van der Waals surface area (Å²) in [4.78, 5) is 17.9. The van der Waals surface area contributed by atoms with Gasteiger partial charge < -0.3 is 4.74 Å². The molecule has 1 aromatic heterocycles. The van der Waals surface area contributed by atoms with E-state index in [1.54, 1.807) is 24.9 Å². The molecular formula is C22H26N2O2S. The van der Waals surface area contributed by atoms with E-state index in [4.69, 9.17) is 9.72 Å². The highest BCUT2D eigenvalue weighted by Crippen LogP contribution is 2.26. The van der Waals surface area contributed by atoms with Gasteiger partial charge in [0.2, 0.25) is 0 Å². The Morgan fingerprint density at radius 1 is 1.15 bits per heavy atom. The largest absolute Gasteiger partial charge is 0.497 e. The van der Waals surface area contributed by atoms with Gasteiger partial charge in [-0.15, -0.1) is 0 Å². The molecule has 0 amide bonds. The van der Waals surface area contributed by atoms with Gasteiger partial charge in [-0.1, -0.05) is 48.9 Å². The number of nitrogens with zero attached hydrogens (tertiary/aromatic N) is 2. The molecule has 3 aromatic rings. The highest BCUT2D eigenvalue weighted by molar-refractivity contribution is 7.98. The monoisotopic (exact) mass is 382 g/mol. The predicted molar refractivity (Wildman–Crippen MR) is 113 cm³/mol. The van der Waals surface area contributed by atoms with E-state index in [0.717, 1.165) is 29.3 Å². The Morgan fingerprint density at radius 2 is 1.96 bits per heavy atom. The SMILES string of the molecule is CCCCn1c(SCc2cc(C)ccc2C)nc2ccc(OC)cc2c1=O. The lowest BCUT2D eigenvalue weighted by molar-refractivity contribution is 0.415. The fourth-order valence-corrected chi connectivity index (χ4v) is 4.12. The van der Waals surface area contributed by atoms with E-state index in [1.807, 2.05) is 16.7 Å². The second kappa shape index (κ2) is 8.61. The molecule has 0 aliphatic carbocycles. The van der Waals surface area contributed by atoms with Crippen molar-refractivity contribution < 1.29 is 4.74 Å². The number of rotatable bonds is 7. The molecule has 142 valence electrons. The van der Waals surface area contributed by atoms with Gasteiger partial charge in [0, 0.05) is 12.3 Å². The van der Waals surface area contributed by atoms with Crippen LogP contribution in [-0.2, 0) is 12.3 Å². The van der Waals surface area contributed by atoms with Gasteiger partial charge in [0.05, 0.1) is 18.0 Å². The third kappa shape index (κ3) is 4.35. The average molecular weight is 383 g/mol. The van der Waals surface area contributed by atoms with Crippen LogP contribution in [0.15, 0.2) is 46.3 Å². The number of fused-ring (bicyclic) bond motifs is 1. The summed E-state index contributed by atoms with van der Waals surface area (Å²) in [5.74, 6) is 1.48. The number of aryl methyl sites for hydroxylation is 2. The van der Waals surface area contributed by atoms with Crippen molar-refractivity contribution in [1.82, 2.24) is 9.55 Å². The molecule has 0 unspecified atom stereocenters. The molecule has 0 aliphatic heterocycles. The van der Waals surface area contributed by atoms with Crippen molar-refractivity contribution in [3.05, 3.63) is 63.4 Å². The van der Waals surface area contributed by atoms with Crippen LogP contribution in [0.4, 0.5) is 0 Å². The third-order valence-electron chi connectivity index (χ3n) is 4.72. The van der Waals surface area contributed by atoms with Crippen molar-refractivity contribution in [3.63, 3.8) is 0 Å². The van der Waals surface area contributed by atoms with Crippen molar-refractivity contribution in [2.45, 2.75) is 51.1 Å². The molecule has 0 bridgehead atoms. The first kappa shape index (κ1) is 19.5. The van der Waals surface area contributed by atoms with E-state index in [9.17, 15) is 4.79 Å². The Labute approximate surface area is 164 Å². The summed E-state index contributed by atoms with van der Waals surface area (Å²) in [6.07, 6.45) is 1.98. The predicted octanol–water partition coefficient (Wildman–Crippen LogP) is 5.11. The number of thioether (sulfide) groups is 1. The minimum Gasteiger partial charge on any atom is -0.497 e. The fourth-order valence-electron chi connectivity index (χ4n) is 3.03. The van der Waals surface area contributed by atoms with Gasteiger partial charge in [0.1, 0.15) is 5.75 Å². The normalized spacial score (nSPS) is 11.1. The van der Waals surface area contributed by atoms with Gasteiger partial charge in [0.25, 0.3) is 5.56 Å². The van der Waals surface area contributed by atoms with Crippen LogP contribution in [0.2, 0.25) is 0 Å². The standard InChI is InChI=1S/C22H26N2O2S/c1-5-6-11-24-21(25)19-13-18(26-4)9-10-20(19)23-22(24)27-14-17-12-15(2)7-8-16(17)3/h7-10,12-13H,5-6,11,14H2,1-4H3. The van der Waals surface area contributed by atoms with E-state index in [1.165, 1.54) is 16.7 Å². The van der Waals surface area contributed by atoms with Gasteiger partial charge in [-0.2, -0.15) is 0 Å². The molecule has 0 atom stereocenters. The van der Waals surface area contributed by atoms with E-state index in [-0.39, 0.29) is 5.56 Å². The van der Waals surface area contributed by atoms with E-state index in [0.29, 0.717) is 17.7 Å². The Balaban J connectivity index is 2.01. The summed E-state index contributed by atoms with van der Waals surface area (Å²) in [5.41, 5.74) is 4.53. The molecule has 4 nitrogen and oxygen atoms in total. The lowest BCUT2D eigenvalue weighted by Crippen LogP contribution is -2.23. The first-order chi connectivity index (χ1) is 13.0. The van der Waals surface area contributed by atoms with Crippen LogP contribution in [0, 0.1) is 13.8 Å². The van der Waals surface area contributed by atoms with Crippen molar-refractivity contribution in [1.29, 1.82) is 0 Å². The zero-order valence-corrected chi connectivity index (χ0v) is 17.2. The number of benzene rings is 2. The van der Waals surface area contributed by atoms with Gasteiger partial charge >= 0.3 is 0 Å². The summed E-state index contributed by atoms with van der Waals surface area (Å²) >= 11 is 1.63. The van der Waals surface area contributed by atoms with Crippen LogP contribution >= 0.6 is 11.8 Å². The van der Waals surface area contributed by atoms with Crippen LogP contribution in [0.25, 0.3) is 10.9 Å². The maximum Gasteiger partial charge on any atom is 0.262 e. The van der Waals surface area contributed by atoms with Crippen molar-refractivity contribution in [2.75, 3.05) is 7.11 Å². The van der Waals surface area contributed by atoms with Crippen molar-refractivity contribution >= 4 is 22.7 Å². The summed E-state index contributed by atoms with van der Waals surface area (Å²) in [5, 5.41) is 1.40. The van der Waals surface area contributed by atoms with Gasteiger partial charge in [-0.3, -0.25) is 9.36 Å². The molecule has 1 heterocycles. The number of methoxy groups -OCH3 is 1. The second-order valence-corrected chi connectivity index (χ2v) is 7.75. The summed E-state index contributed by atoms with van der Waals surface area (Å²) in [6.45, 7) is 7.04. The smallest absolute Gasteiger partial charge is 0.262 e. The van der Waals surface area contributed by atoms with Crippen LogP contribution in [-0.4, -0.2) is 16.7 Å². The van der Waals surface area contributed by atoms with Gasteiger partial charge in [-0.05, 0) is 49.6 Å². The van der Waals surface area contributed by atoms with Crippen LogP contribution < -0.4 is 10.3 Å². The first-order valence-electron chi connectivity index (χ1n) is 9.31. The molecule has 0 saturated heterocycles. The number of unbranched alkanes of at least 4 members (excludes halogenated alkanes) is 1. The maximum atomic E-state index is 13.1. The highest BCUT2D eigenvalue weighted by Gasteiger charge is 2.13. The topological polar surface area (TPSA) is 44.1 Å². The zero-order valence-electron chi connectivity index (χ0n) is 16.4. The molecule has 0 aliphatic rings. The molecule has 0 radical (unpaired) electrons. The molecule has 0 N–H and O–H groups in total. The third-order valence-corrected chi connectivity index (χ3v) is 5.75. The van der Waals surface area contributed by atoms with E-state index >= 15 is 0 Å². The summed E-state index contributed by atoms with van der Waals surface area (Å²) in [7, 11) is 1.61. The molecule has 5 heteroatoms. The molecule has 0 spiro atoms. The first-order valence-corrected chi connectivity index (χ1v) is 10.3. The minimum atomic E-state index is 0.0100. The Morgan fingerprint density at radius 3 is 2.70 bits per heavy atom.